The Morgan fingerprint density at radius 3 is 2.76 bits per heavy atom. The summed E-state index contributed by atoms with van der Waals surface area (Å²) >= 11 is 0. The Labute approximate surface area is 169 Å². The molecule has 1 aliphatic heterocycles. The smallest absolute Gasteiger partial charge is 0.234 e. The van der Waals surface area contributed by atoms with Gasteiger partial charge in [0, 0.05) is 12.6 Å². The Morgan fingerprint density at radius 1 is 1.21 bits per heavy atom. The van der Waals surface area contributed by atoms with Crippen LogP contribution in [0.5, 0.6) is 11.5 Å². The Bertz CT molecular complexity index is 972. The first-order valence-corrected chi connectivity index (χ1v) is 9.40. The van der Waals surface area contributed by atoms with E-state index < -0.39 is 0 Å². The van der Waals surface area contributed by atoms with E-state index >= 15 is 0 Å². The van der Waals surface area contributed by atoms with Gasteiger partial charge in [-0.2, -0.15) is 5.10 Å². The number of hydrogen-bond acceptors (Lipinski definition) is 6. The van der Waals surface area contributed by atoms with Crippen LogP contribution in [0.15, 0.2) is 55.1 Å². The minimum atomic E-state index is -0.0312. The molecule has 0 saturated heterocycles. The van der Waals surface area contributed by atoms with Gasteiger partial charge in [-0.3, -0.25) is 9.69 Å². The van der Waals surface area contributed by atoms with E-state index in [1.807, 2.05) is 54.4 Å². The van der Waals surface area contributed by atoms with Gasteiger partial charge in [0.1, 0.15) is 12.7 Å². The summed E-state index contributed by atoms with van der Waals surface area (Å²) in [6.07, 6.45) is 3.17. The van der Waals surface area contributed by atoms with Crippen molar-refractivity contribution in [2.45, 2.75) is 19.5 Å². The van der Waals surface area contributed by atoms with Crippen LogP contribution in [0, 0.1) is 0 Å². The van der Waals surface area contributed by atoms with Crippen LogP contribution in [-0.2, 0) is 11.3 Å². The van der Waals surface area contributed by atoms with Crippen LogP contribution >= 0.6 is 0 Å². The lowest BCUT2D eigenvalue weighted by molar-refractivity contribution is -0.122. The minimum Gasteiger partial charge on any atom is -0.454 e. The number of carbonyl (C=O) groups is 1. The Kier molecular flexibility index (Phi) is 5.44. The first kappa shape index (κ1) is 18.9. The highest BCUT2D eigenvalue weighted by atomic mass is 16.7. The van der Waals surface area contributed by atoms with Crippen molar-refractivity contribution in [3.05, 3.63) is 66.2 Å². The van der Waals surface area contributed by atoms with Gasteiger partial charge in [0.2, 0.25) is 12.7 Å². The summed E-state index contributed by atoms with van der Waals surface area (Å²) in [7, 11) is 1.94. The molecule has 8 nitrogen and oxygen atoms in total. The lowest BCUT2D eigenvalue weighted by Crippen LogP contribution is -2.36. The fourth-order valence-corrected chi connectivity index (χ4v) is 3.17. The second-order valence-corrected chi connectivity index (χ2v) is 6.99. The molecule has 2 heterocycles. The standard InChI is InChI=1S/C21H23N5O3/c1-15(17-4-6-18(7-5-17)26-13-22-12-24-26)25(2)11-21(27)23-10-16-3-8-19-20(9-16)29-14-28-19/h3-9,12-13,15H,10-11,14H2,1-2H3,(H,23,27)/t15-/m1/s1. The van der Waals surface area contributed by atoms with Crippen LogP contribution in [0.2, 0.25) is 0 Å². The van der Waals surface area contributed by atoms with Crippen molar-refractivity contribution in [1.29, 1.82) is 0 Å². The molecule has 0 aliphatic carbocycles. The van der Waals surface area contributed by atoms with E-state index in [-0.39, 0.29) is 18.7 Å². The lowest BCUT2D eigenvalue weighted by Gasteiger charge is -2.24. The zero-order valence-electron chi connectivity index (χ0n) is 16.4. The average molecular weight is 393 g/mol. The van der Waals surface area contributed by atoms with Gasteiger partial charge in [0.15, 0.2) is 11.5 Å². The van der Waals surface area contributed by atoms with E-state index in [1.54, 1.807) is 11.0 Å². The van der Waals surface area contributed by atoms with E-state index in [0.717, 1.165) is 28.3 Å². The van der Waals surface area contributed by atoms with Crippen molar-refractivity contribution in [3.8, 4) is 17.2 Å². The van der Waals surface area contributed by atoms with Crippen molar-refractivity contribution in [2.24, 2.45) is 0 Å². The monoisotopic (exact) mass is 393 g/mol. The summed E-state index contributed by atoms with van der Waals surface area (Å²) in [6, 6.07) is 13.9. The van der Waals surface area contributed by atoms with Gasteiger partial charge in [-0.05, 0) is 49.4 Å². The van der Waals surface area contributed by atoms with Gasteiger partial charge in [-0.25, -0.2) is 9.67 Å². The van der Waals surface area contributed by atoms with E-state index in [9.17, 15) is 4.79 Å². The number of carbonyl (C=O) groups excluding carboxylic acids is 1. The van der Waals surface area contributed by atoms with Gasteiger partial charge in [-0.1, -0.05) is 18.2 Å². The molecule has 1 amide bonds. The molecule has 1 aromatic heterocycles. The maximum Gasteiger partial charge on any atom is 0.234 e. The third-order valence-electron chi connectivity index (χ3n) is 5.04. The molecule has 8 heteroatoms. The molecule has 2 aromatic carbocycles. The predicted molar refractivity (Wildman–Crippen MR) is 107 cm³/mol. The molecule has 0 unspecified atom stereocenters. The molecule has 1 N–H and O–H groups in total. The van der Waals surface area contributed by atoms with Crippen LogP contribution in [0.3, 0.4) is 0 Å². The highest BCUT2D eigenvalue weighted by Crippen LogP contribution is 2.32. The number of aromatic nitrogens is 3. The summed E-state index contributed by atoms with van der Waals surface area (Å²) in [6.45, 7) is 3.07. The van der Waals surface area contributed by atoms with E-state index in [4.69, 9.17) is 9.47 Å². The molecule has 29 heavy (non-hydrogen) atoms. The quantitative estimate of drug-likeness (QED) is 0.663. The number of hydrogen-bond donors (Lipinski definition) is 1. The van der Waals surface area contributed by atoms with Crippen molar-refractivity contribution >= 4 is 5.91 Å². The van der Waals surface area contributed by atoms with Crippen molar-refractivity contribution in [3.63, 3.8) is 0 Å². The molecule has 1 atom stereocenters. The van der Waals surface area contributed by atoms with Crippen LogP contribution in [0.4, 0.5) is 0 Å². The van der Waals surface area contributed by atoms with E-state index in [1.165, 1.54) is 6.33 Å². The van der Waals surface area contributed by atoms with Gasteiger partial charge < -0.3 is 14.8 Å². The summed E-state index contributed by atoms with van der Waals surface area (Å²) in [4.78, 5) is 18.4. The highest BCUT2D eigenvalue weighted by molar-refractivity contribution is 5.78. The van der Waals surface area contributed by atoms with Gasteiger partial charge in [0.25, 0.3) is 0 Å². The molecular weight excluding hydrogens is 370 g/mol. The summed E-state index contributed by atoms with van der Waals surface area (Å²) in [5, 5.41) is 7.09. The van der Waals surface area contributed by atoms with Crippen molar-refractivity contribution in [1.82, 2.24) is 25.0 Å². The maximum absolute atomic E-state index is 12.4. The molecule has 1 aliphatic rings. The summed E-state index contributed by atoms with van der Waals surface area (Å²) in [5.74, 6) is 1.43. The number of nitrogens with one attached hydrogen (secondary N) is 1. The van der Waals surface area contributed by atoms with Gasteiger partial charge >= 0.3 is 0 Å². The number of likely N-dealkylation sites (N-methyl/N-ethyl adjacent to an activating group) is 1. The van der Waals surface area contributed by atoms with Gasteiger partial charge in [-0.15, -0.1) is 0 Å². The molecular formula is C21H23N5O3. The van der Waals surface area contributed by atoms with Crippen LogP contribution in [0.25, 0.3) is 5.69 Å². The second kappa shape index (κ2) is 8.32. The highest BCUT2D eigenvalue weighted by Gasteiger charge is 2.16. The van der Waals surface area contributed by atoms with E-state index in [0.29, 0.717) is 13.1 Å². The predicted octanol–water partition coefficient (Wildman–Crippen LogP) is 2.31. The minimum absolute atomic E-state index is 0.0312. The third-order valence-corrected chi connectivity index (χ3v) is 5.04. The number of ether oxygens (including phenoxy) is 2. The zero-order chi connectivity index (χ0) is 20.2. The first-order valence-electron chi connectivity index (χ1n) is 9.40. The zero-order valence-corrected chi connectivity index (χ0v) is 16.4. The fraction of sp³-hybridized carbons (Fsp3) is 0.286. The second-order valence-electron chi connectivity index (χ2n) is 6.99. The lowest BCUT2D eigenvalue weighted by atomic mass is 10.1. The molecule has 0 radical (unpaired) electrons. The summed E-state index contributed by atoms with van der Waals surface area (Å²) < 4.78 is 12.4. The number of fused-ring (bicyclic) bond motifs is 1. The molecule has 0 fully saturated rings. The van der Waals surface area contributed by atoms with E-state index in [2.05, 4.69) is 22.3 Å². The Hall–Kier alpha value is -3.39. The Morgan fingerprint density at radius 2 is 2.00 bits per heavy atom. The molecule has 3 aromatic rings. The van der Waals surface area contributed by atoms with Gasteiger partial charge in [0.05, 0.1) is 12.2 Å². The molecule has 0 bridgehead atoms. The molecule has 150 valence electrons. The van der Waals surface area contributed by atoms with Crippen LogP contribution in [0.1, 0.15) is 24.1 Å². The van der Waals surface area contributed by atoms with Crippen molar-refractivity contribution in [2.75, 3.05) is 20.4 Å². The topological polar surface area (TPSA) is 81.5 Å². The third kappa shape index (κ3) is 4.38. The van der Waals surface area contributed by atoms with Crippen LogP contribution < -0.4 is 14.8 Å². The number of amides is 1. The largest absolute Gasteiger partial charge is 0.454 e. The number of rotatable bonds is 7. The molecule has 0 spiro atoms. The molecule has 0 saturated carbocycles. The Balaban J connectivity index is 1.30. The molecule has 4 rings (SSSR count). The van der Waals surface area contributed by atoms with Crippen molar-refractivity contribution < 1.29 is 14.3 Å². The maximum atomic E-state index is 12.4. The fourth-order valence-electron chi connectivity index (χ4n) is 3.17. The summed E-state index contributed by atoms with van der Waals surface area (Å²) in [5.41, 5.74) is 3.05. The normalized spacial score (nSPS) is 13.5. The first-order chi connectivity index (χ1) is 14.1. The number of benzene rings is 2. The average Bonchev–Trinajstić information content (AvgIpc) is 3.43. The van der Waals surface area contributed by atoms with Crippen LogP contribution in [-0.4, -0.2) is 46.0 Å². The SMILES string of the molecule is C[C@H](c1ccc(-n2cncn2)cc1)N(C)CC(=O)NCc1ccc2c(c1)OCO2. The number of nitrogens with zero attached hydrogens (tertiary/aromatic N) is 4.